The first kappa shape index (κ1) is 19.7. The van der Waals surface area contributed by atoms with Crippen LogP contribution in [0.2, 0.25) is 0 Å². The van der Waals surface area contributed by atoms with Crippen LogP contribution in [0.5, 0.6) is 11.5 Å². The Morgan fingerprint density at radius 2 is 1.14 bits per heavy atom. The minimum atomic E-state index is -2.40. The Bertz CT molecular complexity index is 1060. The Kier molecular flexibility index (Phi) is 5.89. The summed E-state index contributed by atoms with van der Waals surface area (Å²) in [5.41, 5.74) is 1.35. The van der Waals surface area contributed by atoms with Gasteiger partial charge in [0.2, 0.25) is 0 Å². The molecule has 142 valence electrons. The topological polar surface area (TPSA) is 61.8 Å². The highest BCUT2D eigenvalue weighted by Gasteiger charge is 2.20. The Morgan fingerprint density at radius 1 is 0.679 bits per heavy atom. The lowest BCUT2D eigenvalue weighted by atomic mass is 9.92. The first-order chi connectivity index (χ1) is 13.5. The zero-order valence-corrected chi connectivity index (χ0v) is 17.6. The van der Waals surface area contributed by atoms with E-state index in [4.69, 9.17) is 31.5 Å². The fourth-order valence-corrected chi connectivity index (χ4v) is 4.40. The first-order valence-electron chi connectivity index (χ1n) is 8.22. The van der Waals surface area contributed by atoms with E-state index in [1.165, 1.54) is 0 Å². The number of hydrogen-bond acceptors (Lipinski definition) is 4. The van der Waals surface area contributed by atoms with Crippen LogP contribution < -0.4 is 13.9 Å². The molecule has 0 bridgehead atoms. The van der Waals surface area contributed by atoms with Crippen LogP contribution in [0, 0.1) is 0 Å². The quantitative estimate of drug-likeness (QED) is 0.344. The third-order valence-corrected chi connectivity index (χ3v) is 5.48. The molecule has 0 aliphatic rings. The summed E-state index contributed by atoms with van der Waals surface area (Å²) in [6.45, 7) is 0. The van der Waals surface area contributed by atoms with Gasteiger partial charge in [0.25, 0.3) is 0 Å². The summed E-state index contributed by atoms with van der Waals surface area (Å²) < 4.78 is 11.0. The molecular weight excluding hydrogens is 437 g/mol. The van der Waals surface area contributed by atoms with Gasteiger partial charge < -0.3 is 18.8 Å². The predicted molar refractivity (Wildman–Crippen MR) is 116 cm³/mol. The van der Waals surface area contributed by atoms with Crippen LogP contribution in [0.4, 0.5) is 0 Å². The van der Waals surface area contributed by atoms with Crippen molar-refractivity contribution in [1.29, 1.82) is 0 Å². The lowest BCUT2D eigenvalue weighted by Crippen LogP contribution is -1.98. The van der Waals surface area contributed by atoms with Crippen LogP contribution in [-0.2, 0) is 0 Å². The van der Waals surface area contributed by atoms with Gasteiger partial charge in [0.1, 0.15) is 19.2 Å². The number of benzene rings is 4. The van der Waals surface area contributed by atoms with E-state index in [9.17, 15) is 9.79 Å². The van der Waals surface area contributed by atoms with Crippen LogP contribution in [-0.4, -0.2) is 4.89 Å². The van der Waals surface area contributed by atoms with Gasteiger partial charge in [-0.2, -0.15) is 0 Å². The number of halogens is 2. The third-order valence-electron chi connectivity index (χ3n) is 4.38. The van der Waals surface area contributed by atoms with Crippen molar-refractivity contribution < 1.29 is 18.8 Å². The second-order valence-corrected chi connectivity index (χ2v) is 8.88. The van der Waals surface area contributed by atoms with Crippen molar-refractivity contribution in [3.63, 3.8) is 0 Å². The fourth-order valence-electron chi connectivity index (χ4n) is 3.33. The number of fused-ring (bicyclic) bond motifs is 2. The van der Waals surface area contributed by atoms with Crippen molar-refractivity contribution in [3.05, 3.63) is 72.8 Å². The van der Waals surface area contributed by atoms with Gasteiger partial charge in [0, 0.05) is 11.1 Å². The number of rotatable bonds is 5. The number of hydrogen-bond donors (Lipinski definition) is 1. The smallest absolute Gasteiger partial charge is 0.335 e. The molecule has 0 aliphatic carbocycles. The van der Waals surface area contributed by atoms with E-state index in [0.717, 1.165) is 21.5 Å². The Hall–Kier alpha value is -1.64. The van der Waals surface area contributed by atoms with Crippen molar-refractivity contribution in [1.82, 2.24) is 0 Å². The summed E-state index contributed by atoms with van der Waals surface area (Å²) in [5, 5.41) is 3.67. The zero-order chi connectivity index (χ0) is 19.7. The van der Waals surface area contributed by atoms with E-state index in [1.807, 2.05) is 60.7 Å². The summed E-state index contributed by atoms with van der Waals surface area (Å²) in [6.07, 6.45) is 0. The van der Waals surface area contributed by atoms with Crippen molar-refractivity contribution >= 4 is 59.5 Å². The molecule has 2 atom stereocenters. The van der Waals surface area contributed by atoms with E-state index < -0.39 is 15.5 Å². The summed E-state index contributed by atoms with van der Waals surface area (Å²) in [5.74, 6) is 0.751. The standard InChI is InChI=1S/C20H13Cl2O4P2/c21-27(23)25-17-11-9-13-5-1-3-7-15(13)19(17)20-16-8-4-2-6-14(16)10-12-18(20)26-28(22)24/h1-12,23H/q-1. The second kappa shape index (κ2) is 8.39. The third kappa shape index (κ3) is 3.90. The van der Waals surface area contributed by atoms with Crippen LogP contribution in [0.15, 0.2) is 72.8 Å². The fraction of sp³-hybridized carbons (Fsp3) is 0. The zero-order valence-electron chi connectivity index (χ0n) is 14.3. The highest BCUT2D eigenvalue weighted by molar-refractivity contribution is 7.75. The predicted octanol–water partition coefficient (Wildman–Crippen LogP) is 6.70. The summed E-state index contributed by atoms with van der Waals surface area (Å²) >= 11 is 11.4. The van der Waals surface area contributed by atoms with Crippen molar-refractivity contribution in [2.45, 2.75) is 0 Å². The summed E-state index contributed by atoms with van der Waals surface area (Å²) in [7, 11) is -4.56. The molecule has 1 N–H and O–H groups in total. The molecule has 0 saturated heterocycles. The maximum atomic E-state index is 11.7. The molecule has 8 heteroatoms. The maximum absolute atomic E-state index is 11.7. The van der Waals surface area contributed by atoms with Crippen molar-refractivity contribution in [2.24, 2.45) is 0 Å². The van der Waals surface area contributed by atoms with Gasteiger partial charge in [0.05, 0.1) is 0 Å². The molecule has 0 radical (unpaired) electrons. The molecule has 2 unspecified atom stereocenters. The molecule has 28 heavy (non-hydrogen) atoms. The highest BCUT2D eigenvalue weighted by atomic mass is 35.7. The molecule has 0 amide bonds. The Morgan fingerprint density at radius 3 is 1.61 bits per heavy atom. The molecular formula is C20H13Cl2O4P2-. The Labute approximate surface area is 173 Å². The lowest BCUT2D eigenvalue weighted by Gasteiger charge is -2.22. The van der Waals surface area contributed by atoms with E-state index in [1.54, 1.807) is 12.1 Å². The van der Waals surface area contributed by atoms with E-state index in [2.05, 4.69) is 0 Å². The maximum Gasteiger partial charge on any atom is 0.335 e. The molecule has 4 nitrogen and oxygen atoms in total. The average molecular weight is 450 g/mol. The SMILES string of the molecule is [O-]P(Cl)Oc1ccc2ccccc2c1-c1c(OP(O)Cl)ccc2ccccc12. The first-order valence-corrected chi connectivity index (χ1v) is 12.4. The minimum Gasteiger partial charge on any atom is -0.786 e. The van der Waals surface area contributed by atoms with Crippen LogP contribution >= 0.6 is 37.9 Å². The van der Waals surface area contributed by atoms with Gasteiger partial charge in [-0.15, -0.1) is 0 Å². The molecule has 0 spiro atoms. The van der Waals surface area contributed by atoms with Crippen LogP contribution in [0.3, 0.4) is 0 Å². The molecule has 0 aromatic heterocycles. The molecule has 4 rings (SSSR count). The average Bonchev–Trinajstić information content (AvgIpc) is 2.67. The van der Waals surface area contributed by atoms with Crippen LogP contribution in [0.1, 0.15) is 0 Å². The van der Waals surface area contributed by atoms with Gasteiger partial charge in [-0.1, -0.05) is 71.9 Å². The second-order valence-electron chi connectivity index (χ2n) is 5.94. The molecule has 0 saturated carbocycles. The van der Waals surface area contributed by atoms with Gasteiger partial charge in [-0.25, -0.2) is 0 Å². The summed E-state index contributed by atoms with van der Waals surface area (Å²) in [4.78, 5) is 21.3. The Balaban J connectivity index is 2.13. The summed E-state index contributed by atoms with van der Waals surface area (Å²) in [6, 6.07) is 22.7. The van der Waals surface area contributed by atoms with Gasteiger partial charge in [-0.3, -0.25) is 0 Å². The molecule has 0 heterocycles. The van der Waals surface area contributed by atoms with Crippen LogP contribution in [0.25, 0.3) is 32.7 Å². The normalized spacial score (nSPS) is 13.4. The van der Waals surface area contributed by atoms with E-state index in [-0.39, 0.29) is 0 Å². The lowest BCUT2D eigenvalue weighted by molar-refractivity contribution is -0.167. The van der Waals surface area contributed by atoms with Gasteiger partial charge in [-0.05, 0) is 44.9 Å². The van der Waals surface area contributed by atoms with Gasteiger partial charge >= 0.3 is 7.73 Å². The molecule has 4 aromatic carbocycles. The minimum absolute atomic E-state index is 0.354. The molecule has 0 aliphatic heterocycles. The molecule has 0 fully saturated rings. The van der Waals surface area contributed by atoms with Crippen molar-refractivity contribution in [2.75, 3.05) is 0 Å². The molecule has 4 aromatic rings. The van der Waals surface area contributed by atoms with E-state index >= 15 is 0 Å². The van der Waals surface area contributed by atoms with Gasteiger partial charge in [0.15, 0.2) is 0 Å². The highest BCUT2D eigenvalue weighted by Crippen LogP contribution is 2.51. The largest absolute Gasteiger partial charge is 0.786 e. The monoisotopic (exact) mass is 449 g/mol. The van der Waals surface area contributed by atoms with Crippen molar-refractivity contribution in [3.8, 4) is 22.6 Å². The van der Waals surface area contributed by atoms with E-state index in [0.29, 0.717) is 22.6 Å².